The van der Waals surface area contributed by atoms with E-state index in [1.807, 2.05) is 38.4 Å². The van der Waals surface area contributed by atoms with Crippen LogP contribution in [0.3, 0.4) is 0 Å². The first-order chi connectivity index (χ1) is 10.1. The van der Waals surface area contributed by atoms with Crippen LogP contribution in [0.5, 0.6) is 0 Å². The number of hydrogen-bond donors (Lipinski definition) is 1. The predicted molar refractivity (Wildman–Crippen MR) is 86.0 cm³/mol. The van der Waals surface area contributed by atoms with Crippen LogP contribution < -0.4 is 5.32 Å². The van der Waals surface area contributed by atoms with Gasteiger partial charge in [0.1, 0.15) is 5.82 Å². The standard InChI is InChI=1S/C17H20ClFN2/c1-21(2)12-17(14-6-4-3-5-7-14)20-11-13-8-9-15(18)16(19)10-13/h3-10,17,20H,11-12H2,1-2H3. The van der Waals surface area contributed by atoms with Crippen LogP contribution in [-0.2, 0) is 6.54 Å². The van der Waals surface area contributed by atoms with Crippen molar-refractivity contribution in [1.29, 1.82) is 0 Å². The van der Waals surface area contributed by atoms with E-state index in [2.05, 4.69) is 22.3 Å². The zero-order chi connectivity index (χ0) is 15.2. The van der Waals surface area contributed by atoms with E-state index < -0.39 is 0 Å². The minimum atomic E-state index is -0.375. The highest BCUT2D eigenvalue weighted by atomic mass is 35.5. The summed E-state index contributed by atoms with van der Waals surface area (Å²) >= 11 is 5.71. The van der Waals surface area contributed by atoms with Crippen LogP contribution in [-0.4, -0.2) is 25.5 Å². The van der Waals surface area contributed by atoms with Crippen LogP contribution in [0.4, 0.5) is 4.39 Å². The molecule has 1 unspecified atom stereocenters. The Labute approximate surface area is 130 Å². The average Bonchev–Trinajstić information content (AvgIpc) is 2.47. The number of halogens is 2. The Bertz CT molecular complexity index is 572. The van der Waals surface area contributed by atoms with Gasteiger partial charge in [0.2, 0.25) is 0 Å². The molecule has 4 heteroatoms. The van der Waals surface area contributed by atoms with E-state index in [0.717, 1.165) is 12.1 Å². The van der Waals surface area contributed by atoms with Crippen LogP contribution in [0.25, 0.3) is 0 Å². The van der Waals surface area contributed by atoms with Crippen LogP contribution in [0.1, 0.15) is 17.2 Å². The zero-order valence-corrected chi connectivity index (χ0v) is 13.1. The second-order valence-electron chi connectivity index (χ2n) is 5.35. The molecule has 0 saturated heterocycles. The van der Waals surface area contributed by atoms with Crippen molar-refractivity contribution in [1.82, 2.24) is 10.2 Å². The molecule has 2 rings (SSSR count). The van der Waals surface area contributed by atoms with Gasteiger partial charge in [0.15, 0.2) is 0 Å². The molecular weight excluding hydrogens is 287 g/mol. The lowest BCUT2D eigenvalue weighted by Gasteiger charge is -2.23. The van der Waals surface area contributed by atoms with Crippen LogP contribution in [0.2, 0.25) is 5.02 Å². The molecule has 0 aliphatic heterocycles. The molecule has 0 bridgehead atoms. The summed E-state index contributed by atoms with van der Waals surface area (Å²) in [5.74, 6) is -0.375. The minimum absolute atomic E-state index is 0.159. The summed E-state index contributed by atoms with van der Waals surface area (Å²) in [7, 11) is 4.08. The van der Waals surface area contributed by atoms with Crippen LogP contribution in [0.15, 0.2) is 48.5 Å². The smallest absolute Gasteiger partial charge is 0.142 e. The van der Waals surface area contributed by atoms with Crippen LogP contribution >= 0.6 is 11.6 Å². The Balaban J connectivity index is 2.07. The summed E-state index contributed by atoms with van der Waals surface area (Å²) in [6.45, 7) is 1.47. The van der Waals surface area contributed by atoms with Crippen molar-refractivity contribution in [3.05, 3.63) is 70.5 Å². The van der Waals surface area contributed by atoms with E-state index in [-0.39, 0.29) is 16.9 Å². The maximum absolute atomic E-state index is 13.5. The van der Waals surface area contributed by atoms with E-state index in [1.54, 1.807) is 6.07 Å². The van der Waals surface area contributed by atoms with Crippen molar-refractivity contribution in [3.8, 4) is 0 Å². The highest BCUT2D eigenvalue weighted by Gasteiger charge is 2.12. The van der Waals surface area contributed by atoms with Gasteiger partial charge in [0, 0.05) is 19.1 Å². The van der Waals surface area contributed by atoms with Gasteiger partial charge in [-0.05, 0) is 37.4 Å². The third-order valence-corrected chi connectivity index (χ3v) is 3.59. The zero-order valence-electron chi connectivity index (χ0n) is 12.3. The van der Waals surface area contributed by atoms with Gasteiger partial charge in [0.25, 0.3) is 0 Å². The van der Waals surface area contributed by atoms with Crippen molar-refractivity contribution in [2.45, 2.75) is 12.6 Å². The van der Waals surface area contributed by atoms with E-state index in [4.69, 9.17) is 11.6 Å². The summed E-state index contributed by atoms with van der Waals surface area (Å²) < 4.78 is 13.5. The molecule has 0 aliphatic carbocycles. The van der Waals surface area contributed by atoms with Crippen molar-refractivity contribution in [3.63, 3.8) is 0 Å². The fraction of sp³-hybridized carbons (Fsp3) is 0.294. The Morgan fingerprint density at radius 2 is 1.86 bits per heavy atom. The minimum Gasteiger partial charge on any atom is -0.308 e. The second-order valence-corrected chi connectivity index (χ2v) is 5.76. The lowest BCUT2D eigenvalue weighted by atomic mass is 10.1. The maximum Gasteiger partial charge on any atom is 0.142 e. The van der Waals surface area contributed by atoms with E-state index in [9.17, 15) is 4.39 Å². The summed E-state index contributed by atoms with van der Waals surface area (Å²) in [6.07, 6.45) is 0. The number of hydrogen-bond acceptors (Lipinski definition) is 2. The molecule has 0 spiro atoms. The molecule has 2 aromatic carbocycles. The molecule has 2 aromatic rings. The molecular formula is C17H20ClFN2. The van der Waals surface area contributed by atoms with Gasteiger partial charge >= 0.3 is 0 Å². The van der Waals surface area contributed by atoms with Crippen LogP contribution in [0, 0.1) is 5.82 Å². The lowest BCUT2D eigenvalue weighted by molar-refractivity contribution is 0.340. The first-order valence-corrected chi connectivity index (χ1v) is 7.31. The molecule has 1 atom stereocenters. The van der Waals surface area contributed by atoms with Gasteiger partial charge in [-0.15, -0.1) is 0 Å². The quantitative estimate of drug-likeness (QED) is 0.871. The number of benzene rings is 2. The van der Waals surface area contributed by atoms with E-state index >= 15 is 0 Å². The number of nitrogens with zero attached hydrogens (tertiary/aromatic N) is 1. The van der Waals surface area contributed by atoms with Gasteiger partial charge in [-0.1, -0.05) is 48.0 Å². The molecule has 0 aliphatic rings. The molecule has 0 heterocycles. The van der Waals surface area contributed by atoms with Gasteiger partial charge in [-0.3, -0.25) is 0 Å². The Morgan fingerprint density at radius 3 is 2.48 bits per heavy atom. The second kappa shape index (κ2) is 7.55. The molecule has 2 nitrogen and oxygen atoms in total. The summed E-state index contributed by atoms with van der Waals surface area (Å²) in [5.41, 5.74) is 2.11. The summed E-state index contributed by atoms with van der Waals surface area (Å²) in [5, 5.41) is 3.64. The molecule has 0 saturated carbocycles. The molecule has 0 aromatic heterocycles. The normalized spacial score (nSPS) is 12.6. The highest BCUT2D eigenvalue weighted by molar-refractivity contribution is 6.30. The average molecular weight is 307 g/mol. The maximum atomic E-state index is 13.5. The number of likely N-dealkylation sites (N-methyl/N-ethyl adjacent to an activating group) is 1. The monoisotopic (exact) mass is 306 g/mol. The first kappa shape index (κ1) is 16.0. The molecule has 0 radical (unpaired) electrons. The molecule has 0 fully saturated rings. The number of nitrogens with one attached hydrogen (secondary N) is 1. The fourth-order valence-corrected chi connectivity index (χ4v) is 2.35. The topological polar surface area (TPSA) is 15.3 Å². The van der Waals surface area contributed by atoms with Gasteiger partial charge in [-0.25, -0.2) is 4.39 Å². The number of rotatable bonds is 6. The summed E-state index contributed by atoms with van der Waals surface area (Å²) in [6, 6.07) is 15.4. The largest absolute Gasteiger partial charge is 0.308 e. The Morgan fingerprint density at radius 1 is 1.14 bits per heavy atom. The molecule has 1 N–H and O–H groups in total. The third kappa shape index (κ3) is 4.81. The van der Waals surface area contributed by atoms with Crippen molar-refractivity contribution < 1.29 is 4.39 Å². The summed E-state index contributed by atoms with van der Waals surface area (Å²) in [4.78, 5) is 2.13. The van der Waals surface area contributed by atoms with Gasteiger partial charge in [-0.2, -0.15) is 0 Å². The van der Waals surface area contributed by atoms with Gasteiger partial charge < -0.3 is 10.2 Å². The van der Waals surface area contributed by atoms with E-state index in [1.165, 1.54) is 11.6 Å². The van der Waals surface area contributed by atoms with E-state index in [0.29, 0.717) is 6.54 Å². The highest BCUT2D eigenvalue weighted by Crippen LogP contribution is 2.17. The molecule has 112 valence electrons. The lowest BCUT2D eigenvalue weighted by Crippen LogP contribution is -2.30. The fourth-order valence-electron chi connectivity index (χ4n) is 2.23. The van der Waals surface area contributed by atoms with Gasteiger partial charge in [0.05, 0.1) is 5.02 Å². The van der Waals surface area contributed by atoms with Crippen molar-refractivity contribution in [2.24, 2.45) is 0 Å². The molecule has 0 amide bonds. The Hall–Kier alpha value is -1.42. The predicted octanol–water partition coefficient (Wildman–Crippen LogP) is 3.87. The Kier molecular flexibility index (Phi) is 5.74. The van der Waals surface area contributed by atoms with Crippen molar-refractivity contribution >= 4 is 11.6 Å². The molecule has 21 heavy (non-hydrogen) atoms. The first-order valence-electron chi connectivity index (χ1n) is 6.93. The SMILES string of the molecule is CN(C)CC(NCc1ccc(Cl)c(F)c1)c1ccccc1. The van der Waals surface area contributed by atoms with Crippen molar-refractivity contribution in [2.75, 3.05) is 20.6 Å². The third-order valence-electron chi connectivity index (χ3n) is 3.29.